The van der Waals surface area contributed by atoms with Gasteiger partial charge < -0.3 is 13.8 Å². The number of pyridine rings is 1. The SMILES string of the molecule is Cc1cc(Cc2nc3cnc4ccc(C#N)cc4c3n2C2CCOCC2)no1. The van der Waals surface area contributed by atoms with Crippen molar-refractivity contribution in [2.45, 2.75) is 32.2 Å². The summed E-state index contributed by atoms with van der Waals surface area (Å²) in [4.78, 5) is 9.44. The van der Waals surface area contributed by atoms with E-state index in [9.17, 15) is 5.26 Å². The molecule has 7 heteroatoms. The third-order valence-electron chi connectivity index (χ3n) is 5.29. The fourth-order valence-corrected chi connectivity index (χ4v) is 4.02. The number of hydrogen-bond donors (Lipinski definition) is 0. The molecule has 0 unspecified atom stereocenters. The minimum Gasteiger partial charge on any atom is -0.381 e. The van der Waals surface area contributed by atoms with Crippen molar-refractivity contribution >= 4 is 21.9 Å². The van der Waals surface area contributed by atoms with E-state index >= 15 is 0 Å². The first-order valence-corrected chi connectivity index (χ1v) is 9.42. The number of benzene rings is 1. The number of nitriles is 1. The Morgan fingerprint density at radius 1 is 1.21 bits per heavy atom. The van der Waals surface area contributed by atoms with Crippen molar-refractivity contribution in [1.29, 1.82) is 5.26 Å². The van der Waals surface area contributed by atoms with Crippen LogP contribution in [0.25, 0.3) is 21.9 Å². The first-order valence-electron chi connectivity index (χ1n) is 9.42. The topological polar surface area (TPSA) is 89.8 Å². The Kier molecular flexibility index (Phi) is 4.06. The van der Waals surface area contributed by atoms with Crippen LogP contribution in [0.3, 0.4) is 0 Å². The summed E-state index contributed by atoms with van der Waals surface area (Å²) >= 11 is 0. The van der Waals surface area contributed by atoms with Gasteiger partial charge in [0.15, 0.2) is 0 Å². The predicted molar refractivity (Wildman–Crippen MR) is 103 cm³/mol. The van der Waals surface area contributed by atoms with E-state index in [4.69, 9.17) is 14.2 Å². The Balaban J connectivity index is 1.76. The van der Waals surface area contributed by atoms with E-state index < -0.39 is 0 Å². The van der Waals surface area contributed by atoms with Gasteiger partial charge in [0.2, 0.25) is 0 Å². The van der Waals surface area contributed by atoms with Crippen LogP contribution in [0.1, 0.15) is 41.7 Å². The highest BCUT2D eigenvalue weighted by molar-refractivity contribution is 6.02. The second kappa shape index (κ2) is 6.73. The van der Waals surface area contributed by atoms with E-state index in [0.717, 1.165) is 65.3 Å². The van der Waals surface area contributed by atoms with E-state index in [1.807, 2.05) is 31.3 Å². The summed E-state index contributed by atoms with van der Waals surface area (Å²) in [5, 5.41) is 14.5. The zero-order valence-corrected chi connectivity index (χ0v) is 15.6. The normalized spacial score (nSPS) is 15.3. The summed E-state index contributed by atoms with van der Waals surface area (Å²) in [6.07, 6.45) is 4.26. The molecule has 0 aliphatic carbocycles. The molecule has 0 radical (unpaired) electrons. The zero-order valence-electron chi connectivity index (χ0n) is 15.6. The summed E-state index contributed by atoms with van der Waals surface area (Å²) in [5.74, 6) is 1.72. The number of nitrogens with zero attached hydrogens (tertiary/aromatic N) is 5. The van der Waals surface area contributed by atoms with Gasteiger partial charge in [-0.15, -0.1) is 0 Å². The molecule has 28 heavy (non-hydrogen) atoms. The highest BCUT2D eigenvalue weighted by Crippen LogP contribution is 2.33. The molecule has 140 valence electrons. The monoisotopic (exact) mass is 373 g/mol. The second-order valence-electron chi connectivity index (χ2n) is 7.18. The summed E-state index contributed by atoms with van der Waals surface area (Å²) in [6.45, 7) is 3.36. The molecule has 1 aliphatic rings. The first-order chi connectivity index (χ1) is 13.7. The van der Waals surface area contributed by atoms with Crippen LogP contribution >= 0.6 is 0 Å². The number of aromatic nitrogens is 4. The van der Waals surface area contributed by atoms with Crippen LogP contribution in [0.2, 0.25) is 0 Å². The minimum absolute atomic E-state index is 0.290. The van der Waals surface area contributed by atoms with Crippen molar-refractivity contribution in [2.24, 2.45) is 0 Å². The van der Waals surface area contributed by atoms with Crippen molar-refractivity contribution < 1.29 is 9.26 Å². The van der Waals surface area contributed by atoms with E-state index in [1.54, 1.807) is 6.07 Å². The molecule has 4 heterocycles. The smallest absolute Gasteiger partial charge is 0.133 e. The molecule has 0 spiro atoms. The quantitative estimate of drug-likeness (QED) is 0.544. The molecule has 4 aromatic rings. The van der Waals surface area contributed by atoms with Gasteiger partial charge in [-0.05, 0) is 38.0 Å². The van der Waals surface area contributed by atoms with Crippen molar-refractivity contribution in [1.82, 2.24) is 19.7 Å². The van der Waals surface area contributed by atoms with Crippen molar-refractivity contribution in [3.8, 4) is 6.07 Å². The lowest BCUT2D eigenvalue weighted by atomic mass is 10.1. The Bertz CT molecular complexity index is 1210. The van der Waals surface area contributed by atoms with Crippen LogP contribution in [0.4, 0.5) is 0 Å². The van der Waals surface area contributed by atoms with Gasteiger partial charge in [-0.3, -0.25) is 4.98 Å². The van der Waals surface area contributed by atoms with Gasteiger partial charge in [-0.1, -0.05) is 5.16 Å². The van der Waals surface area contributed by atoms with Gasteiger partial charge in [-0.2, -0.15) is 5.26 Å². The molecule has 1 aliphatic heterocycles. The Hall–Kier alpha value is -3.24. The van der Waals surface area contributed by atoms with Crippen LogP contribution in [-0.4, -0.2) is 32.9 Å². The molecule has 0 atom stereocenters. The van der Waals surface area contributed by atoms with Gasteiger partial charge in [0.25, 0.3) is 0 Å². The summed E-state index contributed by atoms with van der Waals surface area (Å²) in [7, 11) is 0. The average Bonchev–Trinajstić information content (AvgIpc) is 3.31. The Labute approximate surface area is 161 Å². The van der Waals surface area contributed by atoms with Crippen LogP contribution in [0.15, 0.2) is 35.0 Å². The third-order valence-corrected chi connectivity index (χ3v) is 5.29. The maximum atomic E-state index is 9.36. The first kappa shape index (κ1) is 16.9. The third kappa shape index (κ3) is 2.83. The van der Waals surface area contributed by atoms with Gasteiger partial charge in [0.05, 0.1) is 41.0 Å². The maximum absolute atomic E-state index is 9.36. The molecule has 5 rings (SSSR count). The number of hydrogen-bond acceptors (Lipinski definition) is 6. The van der Waals surface area contributed by atoms with E-state index in [-0.39, 0.29) is 6.04 Å². The highest BCUT2D eigenvalue weighted by Gasteiger charge is 2.24. The summed E-state index contributed by atoms with van der Waals surface area (Å²) in [5.41, 5.74) is 4.21. The van der Waals surface area contributed by atoms with Gasteiger partial charge >= 0.3 is 0 Å². The van der Waals surface area contributed by atoms with Crippen LogP contribution in [0, 0.1) is 18.3 Å². The number of ether oxygens (including phenoxy) is 1. The van der Waals surface area contributed by atoms with Gasteiger partial charge in [0.1, 0.15) is 17.1 Å². The Morgan fingerprint density at radius 3 is 2.82 bits per heavy atom. The number of imidazole rings is 1. The zero-order chi connectivity index (χ0) is 19.1. The highest BCUT2D eigenvalue weighted by atomic mass is 16.5. The number of fused-ring (bicyclic) bond motifs is 3. The fraction of sp³-hybridized carbons (Fsp3) is 0.333. The average molecular weight is 373 g/mol. The summed E-state index contributed by atoms with van der Waals surface area (Å²) in [6, 6.07) is 10.1. The van der Waals surface area contributed by atoms with E-state index in [2.05, 4.69) is 20.8 Å². The largest absolute Gasteiger partial charge is 0.381 e. The lowest BCUT2D eigenvalue weighted by Gasteiger charge is -2.26. The number of aryl methyl sites for hydroxylation is 1. The lowest BCUT2D eigenvalue weighted by Crippen LogP contribution is -2.21. The van der Waals surface area contributed by atoms with Crippen molar-refractivity contribution in [2.75, 3.05) is 13.2 Å². The van der Waals surface area contributed by atoms with Crippen LogP contribution in [-0.2, 0) is 11.2 Å². The molecule has 3 aromatic heterocycles. The minimum atomic E-state index is 0.290. The van der Waals surface area contributed by atoms with Crippen molar-refractivity contribution in [3.63, 3.8) is 0 Å². The predicted octanol–water partition coefficient (Wildman–Crippen LogP) is 3.69. The lowest BCUT2D eigenvalue weighted by molar-refractivity contribution is 0.0700. The van der Waals surface area contributed by atoms with Crippen LogP contribution in [0.5, 0.6) is 0 Å². The second-order valence-corrected chi connectivity index (χ2v) is 7.18. The molecule has 1 fully saturated rings. The van der Waals surface area contributed by atoms with E-state index in [0.29, 0.717) is 12.0 Å². The molecule has 0 amide bonds. The molecular formula is C21H19N5O2. The molecule has 0 saturated carbocycles. The van der Waals surface area contributed by atoms with Gasteiger partial charge in [-0.25, -0.2) is 4.98 Å². The van der Waals surface area contributed by atoms with Gasteiger partial charge in [0, 0.05) is 30.7 Å². The fourth-order valence-electron chi connectivity index (χ4n) is 4.02. The maximum Gasteiger partial charge on any atom is 0.133 e. The molecule has 1 aromatic carbocycles. The molecular weight excluding hydrogens is 354 g/mol. The molecule has 1 saturated heterocycles. The molecule has 0 N–H and O–H groups in total. The number of rotatable bonds is 3. The standard InChI is InChI=1S/C21H19N5O2/c1-13-8-15(25-28-13)10-20-24-19-12-23-18-3-2-14(11-22)9-17(18)21(19)26(20)16-4-6-27-7-5-16/h2-3,8-9,12,16H,4-7,10H2,1H3. The van der Waals surface area contributed by atoms with Crippen LogP contribution < -0.4 is 0 Å². The Morgan fingerprint density at radius 2 is 2.07 bits per heavy atom. The van der Waals surface area contributed by atoms with Crippen molar-refractivity contribution in [3.05, 3.63) is 53.3 Å². The summed E-state index contributed by atoms with van der Waals surface area (Å²) < 4.78 is 13.1. The van der Waals surface area contributed by atoms with E-state index in [1.165, 1.54) is 0 Å². The molecule has 7 nitrogen and oxygen atoms in total. The molecule has 0 bridgehead atoms.